The summed E-state index contributed by atoms with van der Waals surface area (Å²) >= 11 is 0. The molecular formula is C17H25N3O2. The van der Waals surface area contributed by atoms with Crippen molar-refractivity contribution >= 4 is 17.5 Å². The van der Waals surface area contributed by atoms with Gasteiger partial charge in [-0.05, 0) is 37.1 Å². The van der Waals surface area contributed by atoms with Crippen molar-refractivity contribution in [3.8, 4) is 0 Å². The molecule has 4 N–H and O–H groups in total. The minimum absolute atomic E-state index is 0.0368. The van der Waals surface area contributed by atoms with Crippen molar-refractivity contribution < 1.29 is 9.59 Å². The Hall–Kier alpha value is -1.88. The molecule has 5 nitrogen and oxygen atoms in total. The number of hydrogen-bond acceptors (Lipinski definition) is 3. The fourth-order valence-corrected chi connectivity index (χ4v) is 2.74. The molecule has 0 radical (unpaired) electrons. The lowest BCUT2D eigenvalue weighted by molar-refractivity contribution is -0.118. The normalized spacial score (nSPS) is 16.5. The molecule has 120 valence electrons. The molecule has 0 saturated heterocycles. The zero-order valence-electron chi connectivity index (χ0n) is 13.3. The van der Waals surface area contributed by atoms with Gasteiger partial charge in [0.1, 0.15) is 0 Å². The van der Waals surface area contributed by atoms with Gasteiger partial charge in [-0.2, -0.15) is 0 Å². The average molecular weight is 303 g/mol. The molecule has 1 aliphatic carbocycles. The summed E-state index contributed by atoms with van der Waals surface area (Å²) in [5, 5.41) is 5.89. The summed E-state index contributed by atoms with van der Waals surface area (Å²) in [5.41, 5.74) is 6.88. The van der Waals surface area contributed by atoms with Gasteiger partial charge in [0.15, 0.2) is 0 Å². The maximum absolute atomic E-state index is 12.4. The molecule has 0 bridgehead atoms. The van der Waals surface area contributed by atoms with Crippen molar-refractivity contribution in [1.82, 2.24) is 5.32 Å². The summed E-state index contributed by atoms with van der Waals surface area (Å²) in [7, 11) is 0. The molecule has 2 rings (SSSR count). The van der Waals surface area contributed by atoms with Crippen molar-refractivity contribution in [1.29, 1.82) is 0 Å². The van der Waals surface area contributed by atoms with Crippen molar-refractivity contribution in [2.24, 2.45) is 11.7 Å². The number of nitrogens with two attached hydrogens (primary N) is 1. The Morgan fingerprint density at radius 3 is 2.27 bits per heavy atom. The number of benzene rings is 1. The van der Waals surface area contributed by atoms with Gasteiger partial charge in [-0.25, -0.2) is 0 Å². The first-order valence-corrected chi connectivity index (χ1v) is 7.89. The maximum Gasteiger partial charge on any atom is 0.251 e. The molecule has 0 atom stereocenters. The van der Waals surface area contributed by atoms with Crippen LogP contribution in [0.4, 0.5) is 5.69 Å². The van der Waals surface area contributed by atoms with Gasteiger partial charge in [0.25, 0.3) is 5.91 Å². The number of carbonyl (C=O) groups is 2. The van der Waals surface area contributed by atoms with Gasteiger partial charge in [-0.1, -0.05) is 26.7 Å². The van der Waals surface area contributed by atoms with Gasteiger partial charge < -0.3 is 16.4 Å². The minimum atomic E-state index is -0.248. The van der Waals surface area contributed by atoms with Crippen LogP contribution >= 0.6 is 0 Å². The highest BCUT2D eigenvalue weighted by Crippen LogP contribution is 2.29. The SMILES string of the molecule is CC(C)C(=O)Nc1ccc(C(=O)NC2(CN)CCCC2)cc1. The summed E-state index contributed by atoms with van der Waals surface area (Å²) in [5.74, 6) is -0.214. The lowest BCUT2D eigenvalue weighted by Crippen LogP contribution is -2.51. The summed E-state index contributed by atoms with van der Waals surface area (Å²) in [4.78, 5) is 24.0. The van der Waals surface area contributed by atoms with Crippen LogP contribution in [0.5, 0.6) is 0 Å². The Labute approximate surface area is 131 Å². The van der Waals surface area contributed by atoms with Crippen molar-refractivity contribution in [2.45, 2.75) is 45.1 Å². The average Bonchev–Trinajstić information content (AvgIpc) is 2.97. The number of amides is 2. The van der Waals surface area contributed by atoms with E-state index in [1.807, 2.05) is 13.8 Å². The second kappa shape index (κ2) is 6.92. The summed E-state index contributed by atoms with van der Waals surface area (Å²) in [6.07, 6.45) is 4.10. The highest BCUT2D eigenvalue weighted by molar-refractivity contribution is 5.96. The molecule has 1 aromatic carbocycles. The fraction of sp³-hybridized carbons (Fsp3) is 0.529. The van der Waals surface area contributed by atoms with Gasteiger partial charge in [-0.3, -0.25) is 9.59 Å². The van der Waals surface area contributed by atoms with Crippen LogP contribution in [-0.2, 0) is 4.79 Å². The molecule has 0 unspecified atom stereocenters. The quantitative estimate of drug-likeness (QED) is 0.780. The van der Waals surface area contributed by atoms with Gasteiger partial charge in [0, 0.05) is 23.7 Å². The van der Waals surface area contributed by atoms with Crippen molar-refractivity contribution in [3.05, 3.63) is 29.8 Å². The Morgan fingerprint density at radius 2 is 1.77 bits per heavy atom. The van der Waals surface area contributed by atoms with Crippen LogP contribution in [0.1, 0.15) is 49.9 Å². The molecule has 0 aliphatic heterocycles. The molecule has 1 saturated carbocycles. The van der Waals surface area contributed by atoms with E-state index in [1.54, 1.807) is 24.3 Å². The molecule has 1 aliphatic rings. The third-order valence-electron chi connectivity index (χ3n) is 4.27. The topological polar surface area (TPSA) is 84.2 Å². The van der Waals surface area contributed by atoms with E-state index >= 15 is 0 Å². The molecule has 0 heterocycles. The van der Waals surface area contributed by atoms with E-state index in [1.165, 1.54) is 0 Å². The summed E-state index contributed by atoms with van der Waals surface area (Å²) in [6.45, 7) is 4.15. The Morgan fingerprint density at radius 1 is 1.18 bits per heavy atom. The van der Waals surface area contributed by atoms with Gasteiger partial charge in [0.05, 0.1) is 5.54 Å². The second-order valence-electron chi connectivity index (χ2n) is 6.37. The highest BCUT2D eigenvalue weighted by atomic mass is 16.2. The zero-order valence-corrected chi connectivity index (χ0v) is 13.3. The zero-order chi connectivity index (χ0) is 16.2. The second-order valence-corrected chi connectivity index (χ2v) is 6.37. The maximum atomic E-state index is 12.4. The lowest BCUT2D eigenvalue weighted by Gasteiger charge is -2.28. The van der Waals surface area contributed by atoms with Crippen LogP contribution in [0, 0.1) is 5.92 Å². The van der Waals surface area contributed by atoms with Crippen LogP contribution < -0.4 is 16.4 Å². The van der Waals surface area contributed by atoms with Crippen LogP contribution in [0.15, 0.2) is 24.3 Å². The molecule has 2 amide bonds. The van der Waals surface area contributed by atoms with Crippen LogP contribution in [0.25, 0.3) is 0 Å². The summed E-state index contributed by atoms with van der Waals surface area (Å²) in [6, 6.07) is 6.95. The van der Waals surface area contributed by atoms with Crippen molar-refractivity contribution in [2.75, 3.05) is 11.9 Å². The Bertz CT molecular complexity index is 531. The van der Waals surface area contributed by atoms with Crippen molar-refractivity contribution in [3.63, 3.8) is 0 Å². The predicted molar refractivity (Wildman–Crippen MR) is 87.6 cm³/mol. The van der Waals surface area contributed by atoms with E-state index < -0.39 is 0 Å². The molecule has 5 heteroatoms. The standard InChI is InChI=1S/C17H25N3O2/c1-12(2)15(21)19-14-7-5-13(6-8-14)16(22)20-17(11-18)9-3-4-10-17/h5-8,12H,3-4,9-11,18H2,1-2H3,(H,19,21)(H,20,22). The molecule has 1 fully saturated rings. The van der Waals surface area contributed by atoms with Gasteiger partial charge >= 0.3 is 0 Å². The summed E-state index contributed by atoms with van der Waals surface area (Å²) < 4.78 is 0. The minimum Gasteiger partial charge on any atom is -0.345 e. The lowest BCUT2D eigenvalue weighted by atomic mass is 9.97. The monoisotopic (exact) mass is 303 g/mol. The molecular weight excluding hydrogens is 278 g/mol. The smallest absolute Gasteiger partial charge is 0.251 e. The van der Waals surface area contributed by atoms with E-state index in [0.29, 0.717) is 17.8 Å². The van der Waals surface area contributed by atoms with E-state index in [4.69, 9.17) is 5.73 Å². The van der Waals surface area contributed by atoms with E-state index in [2.05, 4.69) is 10.6 Å². The number of anilines is 1. The first-order valence-electron chi connectivity index (χ1n) is 7.89. The Balaban J connectivity index is 2.00. The largest absolute Gasteiger partial charge is 0.345 e. The number of rotatable bonds is 5. The first kappa shape index (κ1) is 16.5. The Kier molecular flexibility index (Phi) is 5.19. The highest BCUT2D eigenvalue weighted by Gasteiger charge is 2.33. The number of carbonyl (C=O) groups excluding carboxylic acids is 2. The van der Waals surface area contributed by atoms with Crippen LogP contribution in [0.2, 0.25) is 0 Å². The van der Waals surface area contributed by atoms with E-state index in [0.717, 1.165) is 25.7 Å². The van der Waals surface area contributed by atoms with Crippen LogP contribution in [0.3, 0.4) is 0 Å². The molecule has 0 spiro atoms. The molecule has 1 aromatic rings. The van der Waals surface area contributed by atoms with Crippen LogP contribution in [-0.4, -0.2) is 23.9 Å². The predicted octanol–water partition coefficient (Wildman–Crippen LogP) is 2.28. The fourth-order valence-electron chi connectivity index (χ4n) is 2.74. The number of nitrogens with one attached hydrogen (secondary N) is 2. The number of hydrogen-bond donors (Lipinski definition) is 3. The van der Waals surface area contributed by atoms with Gasteiger partial charge in [0.2, 0.25) is 5.91 Å². The first-order chi connectivity index (χ1) is 10.5. The van der Waals surface area contributed by atoms with E-state index in [9.17, 15) is 9.59 Å². The third kappa shape index (κ3) is 3.85. The van der Waals surface area contributed by atoms with Gasteiger partial charge in [-0.15, -0.1) is 0 Å². The molecule has 22 heavy (non-hydrogen) atoms. The third-order valence-corrected chi connectivity index (χ3v) is 4.27. The van der Waals surface area contributed by atoms with E-state index in [-0.39, 0.29) is 23.3 Å². The molecule has 0 aromatic heterocycles.